The van der Waals surface area contributed by atoms with E-state index in [1.165, 1.54) is 19.1 Å². The van der Waals surface area contributed by atoms with Gasteiger partial charge >= 0.3 is 12.1 Å². The number of alkyl halides is 3. The smallest absolute Gasteiger partial charge is 0.417 e. The third kappa shape index (κ3) is 3.01. The van der Waals surface area contributed by atoms with Crippen LogP contribution in [0.5, 0.6) is 0 Å². The highest BCUT2D eigenvalue weighted by atomic mass is 19.4. The Kier molecular flexibility index (Phi) is 4.34. The van der Waals surface area contributed by atoms with E-state index in [0.717, 1.165) is 0 Å². The number of rotatable bonds is 4. The molecule has 0 saturated heterocycles. The van der Waals surface area contributed by atoms with Crippen LogP contribution >= 0.6 is 0 Å². The topological polar surface area (TPSA) is 52.3 Å². The van der Waals surface area contributed by atoms with Gasteiger partial charge in [0.05, 0.1) is 6.61 Å². The van der Waals surface area contributed by atoms with Crippen molar-refractivity contribution in [1.82, 2.24) is 0 Å². The van der Waals surface area contributed by atoms with Crippen molar-refractivity contribution in [3.63, 3.8) is 0 Å². The minimum Gasteiger partial charge on any atom is -0.464 e. The fourth-order valence-electron chi connectivity index (χ4n) is 1.47. The molecule has 0 radical (unpaired) electrons. The zero-order valence-corrected chi connectivity index (χ0v) is 9.83. The minimum absolute atomic E-state index is 0.150. The molecule has 100 valence electrons. The van der Waals surface area contributed by atoms with Gasteiger partial charge < -0.3 is 10.5 Å². The summed E-state index contributed by atoms with van der Waals surface area (Å²) < 4.78 is 43.2. The summed E-state index contributed by atoms with van der Waals surface area (Å²) in [6.07, 6.45) is -5.51. The number of carbonyl (C=O) groups is 1. The van der Waals surface area contributed by atoms with Crippen LogP contribution in [0.4, 0.5) is 13.2 Å². The summed E-state index contributed by atoms with van der Waals surface area (Å²) in [6, 6.07) is 7.79. The van der Waals surface area contributed by atoms with Crippen LogP contribution in [0.1, 0.15) is 12.5 Å². The van der Waals surface area contributed by atoms with Crippen LogP contribution in [0.2, 0.25) is 0 Å². The van der Waals surface area contributed by atoms with Crippen molar-refractivity contribution in [2.45, 2.75) is 25.1 Å². The van der Waals surface area contributed by atoms with Crippen molar-refractivity contribution in [3.8, 4) is 0 Å². The van der Waals surface area contributed by atoms with Crippen LogP contribution in [-0.2, 0) is 16.0 Å². The van der Waals surface area contributed by atoms with Crippen LogP contribution < -0.4 is 5.73 Å². The quantitative estimate of drug-likeness (QED) is 0.844. The first-order chi connectivity index (χ1) is 8.31. The monoisotopic (exact) mass is 261 g/mol. The largest absolute Gasteiger partial charge is 0.464 e. The van der Waals surface area contributed by atoms with Gasteiger partial charge in [-0.1, -0.05) is 30.3 Å². The third-order valence-corrected chi connectivity index (χ3v) is 2.47. The molecule has 1 unspecified atom stereocenters. The molecule has 1 atom stereocenters. The van der Waals surface area contributed by atoms with Crippen molar-refractivity contribution in [2.24, 2.45) is 5.73 Å². The molecule has 0 amide bonds. The predicted octanol–water partition coefficient (Wildman–Crippen LogP) is 2.05. The Balaban J connectivity index is 3.03. The van der Waals surface area contributed by atoms with Crippen LogP contribution in [0.25, 0.3) is 0 Å². The number of carbonyl (C=O) groups excluding carboxylic acids is 1. The number of nitrogens with two attached hydrogens (primary N) is 1. The van der Waals surface area contributed by atoms with Crippen LogP contribution in [-0.4, -0.2) is 24.3 Å². The molecule has 2 N–H and O–H groups in total. The molecule has 0 spiro atoms. The standard InChI is InChI=1S/C12H14F3NO2/c1-2-18-10(17)11(16,12(13,14)15)8-9-6-4-3-5-7-9/h3-7H,2,8,16H2,1H3. The lowest BCUT2D eigenvalue weighted by Crippen LogP contribution is -2.61. The molecule has 0 aromatic heterocycles. The molecule has 0 aliphatic carbocycles. The molecule has 0 saturated carbocycles. The highest BCUT2D eigenvalue weighted by Gasteiger charge is 2.58. The maximum Gasteiger partial charge on any atom is 0.417 e. The second kappa shape index (κ2) is 5.39. The maximum atomic E-state index is 12.9. The SMILES string of the molecule is CCOC(=O)C(N)(Cc1ccccc1)C(F)(F)F. The molecule has 0 bridgehead atoms. The lowest BCUT2D eigenvalue weighted by atomic mass is 9.91. The zero-order valence-electron chi connectivity index (χ0n) is 9.83. The van der Waals surface area contributed by atoms with E-state index < -0.39 is 24.1 Å². The molecule has 0 aliphatic rings. The molecular formula is C12H14F3NO2. The number of ether oxygens (including phenoxy) is 1. The summed E-state index contributed by atoms with van der Waals surface area (Å²) in [4.78, 5) is 11.4. The number of halogens is 3. The van der Waals surface area contributed by atoms with Crippen molar-refractivity contribution < 1.29 is 22.7 Å². The van der Waals surface area contributed by atoms with Gasteiger partial charge in [0, 0.05) is 6.42 Å². The van der Waals surface area contributed by atoms with Gasteiger partial charge in [0.15, 0.2) is 0 Å². The van der Waals surface area contributed by atoms with Gasteiger partial charge in [0.1, 0.15) is 0 Å². The average Bonchev–Trinajstić information content (AvgIpc) is 2.29. The third-order valence-electron chi connectivity index (χ3n) is 2.47. The Morgan fingerprint density at radius 2 is 1.83 bits per heavy atom. The van der Waals surface area contributed by atoms with Gasteiger partial charge in [-0.25, -0.2) is 4.79 Å². The Bertz CT molecular complexity index is 406. The second-order valence-corrected chi connectivity index (χ2v) is 3.85. The molecule has 0 fully saturated rings. The van der Waals surface area contributed by atoms with Crippen molar-refractivity contribution in [2.75, 3.05) is 6.61 Å². The van der Waals surface area contributed by atoms with E-state index >= 15 is 0 Å². The van der Waals surface area contributed by atoms with E-state index in [9.17, 15) is 18.0 Å². The van der Waals surface area contributed by atoms with Crippen molar-refractivity contribution >= 4 is 5.97 Å². The Morgan fingerprint density at radius 3 is 2.28 bits per heavy atom. The lowest BCUT2D eigenvalue weighted by molar-refractivity contribution is -0.205. The Labute approximate surface area is 103 Å². The van der Waals surface area contributed by atoms with E-state index in [-0.39, 0.29) is 6.61 Å². The molecule has 3 nitrogen and oxygen atoms in total. The van der Waals surface area contributed by atoms with Gasteiger partial charge in [-0.05, 0) is 12.5 Å². The van der Waals surface area contributed by atoms with E-state index in [1.807, 2.05) is 0 Å². The van der Waals surface area contributed by atoms with E-state index in [0.29, 0.717) is 5.56 Å². The van der Waals surface area contributed by atoms with Gasteiger partial charge in [0.25, 0.3) is 0 Å². The fraction of sp³-hybridized carbons (Fsp3) is 0.417. The van der Waals surface area contributed by atoms with Crippen LogP contribution in [0, 0.1) is 0 Å². The molecule has 0 heterocycles. The van der Waals surface area contributed by atoms with Crippen molar-refractivity contribution in [1.29, 1.82) is 0 Å². The molecule has 1 aromatic rings. The molecule has 18 heavy (non-hydrogen) atoms. The van der Waals surface area contributed by atoms with Gasteiger partial charge in [-0.15, -0.1) is 0 Å². The molecule has 6 heteroatoms. The summed E-state index contributed by atoms with van der Waals surface area (Å²) in [5.74, 6) is -1.46. The fourth-order valence-corrected chi connectivity index (χ4v) is 1.47. The normalized spacial score (nSPS) is 14.9. The lowest BCUT2D eigenvalue weighted by Gasteiger charge is -2.29. The van der Waals surface area contributed by atoms with E-state index in [2.05, 4.69) is 4.74 Å². The molecule has 0 aliphatic heterocycles. The number of hydrogen-bond donors (Lipinski definition) is 1. The van der Waals surface area contributed by atoms with E-state index in [1.54, 1.807) is 18.2 Å². The first kappa shape index (κ1) is 14.5. The van der Waals surface area contributed by atoms with Crippen LogP contribution in [0.3, 0.4) is 0 Å². The van der Waals surface area contributed by atoms with Gasteiger partial charge in [0.2, 0.25) is 5.54 Å². The summed E-state index contributed by atoms with van der Waals surface area (Å²) in [6.45, 7) is 1.28. The average molecular weight is 261 g/mol. The van der Waals surface area contributed by atoms with Gasteiger partial charge in [-0.2, -0.15) is 13.2 Å². The Morgan fingerprint density at radius 1 is 1.28 bits per heavy atom. The number of hydrogen-bond acceptors (Lipinski definition) is 3. The molecule has 1 aromatic carbocycles. The van der Waals surface area contributed by atoms with Crippen LogP contribution in [0.15, 0.2) is 30.3 Å². The highest BCUT2D eigenvalue weighted by molar-refractivity contribution is 5.82. The minimum atomic E-state index is -4.87. The molecular weight excluding hydrogens is 247 g/mol. The van der Waals surface area contributed by atoms with Gasteiger partial charge in [-0.3, -0.25) is 0 Å². The summed E-state index contributed by atoms with van der Waals surface area (Å²) in [5, 5.41) is 0. The predicted molar refractivity (Wildman–Crippen MR) is 59.8 cm³/mol. The van der Waals surface area contributed by atoms with Crippen molar-refractivity contribution in [3.05, 3.63) is 35.9 Å². The number of benzene rings is 1. The maximum absolute atomic E-state index is 12.9. The zero-order chi connectivity index (χ0) is 13.8. The summed E-state index contributed by atoms with van der Waals surface area (Å²) in [5.41, 5.74) is 2.55. The first-order valence-corrected chi connectivity index (χ1v) is 5.38. The first-order valence-electron chi connectivity index (χ1n) is 5.38. The Hall–Kier alpha value is -1.56. The summed E-state index contributed by atoms with van der Waals surface area (Å²) >= 11 is 0. The second-order valence-electron chi connectivity index (χ2n) is 3.85. The molecule has 1 rings (SSSR count). The highest BCUT2D eigenvalue weighted by Crippen LogP contribution is 2.32. The number of esters is 1. The summed E-state index contributed by atoms with van der Waals surface area (Å²) in [7, 11) is 0. The van der Waals surface area contributed by atoms with E-state index in [4.69, 9.17) is 5.73 Å².